The maximum atomic E-state index is 2.68. The summed E-state index contributed by atoms with van der Waals surface area (Å²) in [4.78, 5) is 5.37. The van der Waals surface area contributed by atoms with Crippen molar-refractivity contribution in [3.8, 4) is 22.3 Å². The highest BCUT2D eigenvalue weighted by Gasteiger charge is 2.73. The zero-order valence-electron chi connectivity index (χ0n) is 38.8. The van der Waals surface area contributed by atoms with Crippen molar-refractivity contribution in [2.24, 2.45) is 33.5 Å². The van der Waals surface area contributed by atoms with Crippen LogP contribution in [0.5, 0.6) is 0 Å². The normalized spacial score (nSPS) is 30.0. The summed E-state index contributed by atoms with van der Waals surface area (Å²) in [6.45, 7) is 15.7. The largest absolute Gasteiger partial charge is 0.311 e. The number of para-hydroxylation sites is 2. The van der Waals surface area contributed by atoms with Gasteiger partial charge in [0.25, 0.3) is 6.71 Å². The second-order valence-corrected chi connectivity index (χ2v) is 23.2. The Hall–Kier alpha value is -5.80. The van der Waals surface area contributed by atoms with E-state index in [0.717, 1.165) is 5.92 Å². The molecule has 15 rings (SSSR count). The first-order valence-electron chi connectivity index (χ1n) is 24.9. The number of fused-ring (bicyclic) bond motifs is 21. The van der Waals surface area contributed by atoms with Crippen LogP contribution in [0.25, 0.3) is 22.3 Å². The SMILES string of the molecule is CC1(C)C2CCC1(C)[C@]1(C2)c2ccccc2-c2c1ccc1c2N(c2ccccc2)c2cccc3c2B1c1ccccc1N3c1cccc2c1-c1ccccc1[C@@]21C[C@@H]2CC[C@@]1(C)C2(C)C. The van der Waals surface area contributed by atoms with E-state index in [4.69, 9.17) is 0 Å². The smallest absolute Gasteiger partial charge is 0.252 e. The number of anilines is 6. The van der Waals surface area contributed by atoms with E-state index in [1.807, 2.05) is 0 Å². The highest BCUT2D eigenvalue weighted by atomic mass is 15.2. The molecule has 2 spiro atoms. The summed E-state index contributed by atoms with van der Waals surface area (Å²) < 4.78 is 0. The summed E-state index contributed by atoms with van der Waals surface area (Å²) >= 11 is 0. The maximum Gasteiger partial charge on any atom is 0.252 e. The van der Waals surface area contributed by atoms with E-state index >= 15 is 0 Å². The van der Waals surface area contributed by atoms with Crippen molar-refractivity contribution in [3.05, 3.63) is 174 Å². The van der Waals surface area contributed by atoms with Gasteiger partial charge < -0.3 is 9.80 Å². The van der Waals surface area contributed by atoms with E-state index in [1.54, 1.807) is 22.3 Å². The van der Waals surface area contributed by atoms with Crippen LogP contribution in [-0.2, 0) is 10.8 Å². The molecule has 0 aromatic heterocycles. The quantitative estimate of drug-likeness (QED) is 0.160. The van der Waals surface area contributed by atoms with Crippen molar-refractivity contribution < 1.29 is 0 Å². The van der Waals surface area contributed by atoms with Crippen LogP contribution in [0.15, 0.2) is 152 Å². The van der Waals surface area contributed by atoms with E-state index in [2.05, 4.69) is 203 Å². The molecule has 6 atom stereocenters. The van der Waals surface area contributed by atoms with Crippen molar-refractivity contribution in [3.63, 3.8) is 0 Å². The van der Waals surface area contributed by atoms with Gasteiger partial charge in [0.2, 0.25) is 0 Å². The van der Waals surface area contributed by atoms with Crippen LogP contribution in [0, 0.1) is 33.5 Å². The first-order chi connectivity index (χ1) is 31.5. The first-order valence-corrected chi connectivity index (χ1v) is 24.9. The van der Waals surface area contributed by atoms with E-state index < -0.39 is 0 Å². The highest BCUT2D eigenvalue weighted by Crippen LogP contribution is 2.80. The van der Waals surface area contributed by atoms with Gasteiger partial charge in [0.05, 0.1) is 5.69 Å². The Morgan fingerprint density at radius 1 is 0.431 bits per heavy atom. The molecule has 0 amide bonds. The fraction of sp³-hybridized carbons (Fsp3) is 0.323. The fourth-order valence-electron chi connectivity index (χ4n) is 17.8. The first kappa shape index (κ1) is 37.4. The molecule has 3 heteroatoms. The minimum atomic E-state index is -0.0153. The van der Waals surface area contributed by atoms with Crippen LogP contribution in [0.1, 0.15) is 102 Å². The molecule has 2 aliphatic heterocycles. The van der Waals surface area contributed by atoms with E-state index in [9.17, 15) is 0 Å². The van der Waals surface area contributed by atoms with E-state index in [1.165, 1.54) is 111 Å². The zero-order chi connectivity index (χ0) is 43.6. The average molecular weight is 841 g/mol. The summed E-state index contributed by atoms with van der Waals surface area (Å²) in [5, 5.41) is 0. The van der Waals surface area contributed by atoms with Gasteiger partial charge in [-0.1, -0.05) is 157 Å². The van der Waals surface area contributed by atoms with Gasteiger partial charge in [-0.3, -0.25) is 0 Å². The molecule has 4 fully saturated rings. The molecular weight excluding hydrogens is 784 g/mol. The van der Waals surface area contributed by atoms with Crippen molar-refractivity contribution in [2.45, 2.75) is 90.9 Å². The molecular formula is C62H57BN2. The van der Waals surface area contributed by atoms with Crippen LogP contribution in [-0.4, -0.2) is 6.71 Å². The van der Waals surface area contributed by atoms with Gasteiger partial charge in [0.15, 0.2) is 0 Å². The maximum absolute atomic E-state index is 2.68. The second kappa shape index (κ2) is 11.8. The lowest BCUT2D eigenvalue weighted by atomic mass is 9.33. The standard InChI is InChI=1S/C62H57BN2/c1-57(2)38-32-34-59(57,5)61(36-38)43-22-12-10-20-41(43)53-45(61)24-16-27-50(53)65-49-26-15-14-25-47(49)63-48-31-30-46-54(56(48)64(40-18-8-7-9-19-40)51-28-17-29-52(65)55(51)63)42-21-11-13-23-44(42)62(46)37-39-33-35-60(62,6)58(39,3)4/h7-31,38-39H,32-37H2,1-6H3/t38-,39?,59-,60?,61-,62+/m0/s1. The van der Waals surface area contributed by atoms with E-state index in [-0.39, 0.29) is 39.2 Å². The van der Waals surface area contributed by atoms with E-state index in [0.29, 0.717) is 5.92 Å². The molecule has 2 unspecified atom stereocenters. The number of hydrogen-bond acceptors (Lipinski definition) is 2. The summed E-state index contributed by atoms with van der Waals surface area (Å²) in [6, 6.07) is 59.7. The van der Waals surface area contributed by atoms with Gasteiger partial charge in [-0.05, 0) is 158 Å². The molecule has 65 heavy (non-hydrogen) atoms. The molecule has 0 saturated heterocycles. The number of nitrogens with zero attached hydrogens (tertiary/aromatic N) is 2. The number of benzene rings is 7. The monoisotopic (exact) mass is 840 g/mol. The molecule has 4 bridgehead atoms. The number of hydrogen-bond donors (Lipinski definition) is 0. The fourth-order valence-corrected chi connectivity index (χ4v) is 17.8. The zero-order valence-corrected chi connectivity index (χ0v) is 38.8. The second-order valence-electron chi connectivity index (χ2n) is 23.2. The van der Waals surface area contributed by atoms with Gasteiger partial charge in [0.1, 0.15) is 0 Å². The van der Waals surface area contributed by atoms with Crippen LogP contribution in [0.2, 0.25) is 0 Å². The summed E-state index contributed by atoms with van der Waals surface area (Å²) in [5.41, 5.74) is 24.9. The predicted molar refractivity (Wildman–Crippen MR) is 271 cm³/mol. The molecule has 0 N–H and O–H groups in total. The Bertz CT molecular complexity index is 3250. The molecule has 4 saturated carbocycles. The van der Waals surface area contributed by atoms with Gasteiger partial charge in [-0.15, -0.1) is 0 Å². The Balaban J connectivity index is 1.01. The van der Waals surface area contributed by atoms with Crippen molar-refractivity contribution >= 4 is 57.2 Å². The molecule has 2 nitrogen and oxygen atoms in total. The summed E-state index contributed by atoms with van der Waals surface area (Å²) in [6.07, 6.45) is 7.71. The van der Waals surface area contributed by atoms with Gasteiger partial charge in [-0.25, -0.2) is 0 Å². The number of rotatable bonds is 2. The van der Waals surface area contributed by atoms with Crippen LogP contribution in [0.4, 0.5) is 34.1 Å². The Kier molecular flexibility index (Phi) is 6.78. The van der Waals surface area contributed by atoms with Crippen molar-refractivity contribution in [1.29, 1.82) is 0 Å². The molecule has 7 aromatic rings. The molecule has 6 aliphatic carbocycles. The summed E-state index contributed by atoms with van der Waals surface area (Å²) in [5.74, 6) is 1.44. The van der Waals surface area contributed by atoms with Crippen LogP contribution < -0.4 is 26.2 Å². The molecule has 318 valence electrons. The van der Waals surface area contributed by atoms with Gasteiger partial charge in [0, 0.05) is 50.4 Å². The van der Waals surface area contributed by atoms with Crippen LogP contribution >= 0.6 is 0 Å². The van der Waals surface area contributed by atoms with Crippen molar-refractivity contribution in [2.75, 3.05) is 9.80 Å². The third kappa shape index (κ3) is 3.86. The van der Waals surface area contributed by atoms with Gasteiger partial charge >= 0.3 is 0 Å². The third-order valence-electron chi connectivity index (χ3n) is 21.5. The predicted octanol–water partition coefficient (Wildman–Crippen LogP) is 14.0. The lowest BCUT2D eigenvalue weighted by Crippen LogP contribution is -2.61. The Labute approximate surface area is 385 Å². The Morgan fingerprint density at radius 3 is 1.57 bits per heavy atom. The lowest BCUT2D eigenvalue weighted by molar-refractivity contribution is 0.0990. The Morgan fingerprint density at radius 2 is 0.938 bits per heavy atom. The van der Waals surface area contributed by atoms with Crippen molar-refractivity contribution in [1.82, 2.24) is 0 Å². The molecule has 0 radical (unpaired) electrons. The lowest BCUT2D eigenvalue weighted by Gasteiger charge is -2.49. The van der Waals surface area contributed by atoms with Crippen LogP contribution in [0.3, 0.4) is 0 Å². The molecule has 2 heterocycles. The minimum absolute atomic E-state index is 0.00249. The van der Waals surface area contributed by atoms with Gasteiger partial charge in [-0.2, -0.15) is 0 Å². The molecule has 8 aliphatic rings. The highest BCUT2D eigenvalue weighted by molar-refractivity contribution is 7.00. The topological polar surface area (TPSA) is 6.48 Å². The average Bonchev–Trinajstić information content (AvgIpc) is 4.03. The minimum Gasteiger partial charge on any atom is -0.311 e. The third-order valence-corrected chi connectivity index (χ3v) is 21.5. The summed E-state index contributed by atoms with van der Waals surface area (Å²) in [7, 11) is 0. The molecule has 7 aromatic carbocycles.